The molecule has 4 rings (SSSR count). The number of nitrogens with zero attached hydrogens (tertiary/aromatic N) is 3. The van der Waals surface area contributed by atoms with Gasteiger partial charge in [-0.1, -0.05) is 6.07 Å². The maximum Gasteiger partial charge on any atom is 0.298 e. The number of aryl methyl sites for hydroxylation is 1. The molecule has 0 aliphatic carbocycles. The second kappa shape index (κ2) is 5.66. The van der Waals surface area contributed by atoms with Gasteiger partial charge in [0.05, 0.1) is 5.69 Å². The van der Waals surface area contributed by atoms with E-state index in [1.807, 2.05) is 18.2 Å². The van der Waals surface area contributed by atoms with Crippen molar-refractivity contribution >= 4 is 17.1 Å². The molecule has 5 nitrogen and oxygen atoms in total. The van der Waals surface area contributed by atoms with Crippen LogP contribution in [0.2, 0.25) is 0 Å². The van der Waals surface area contributed by atoms with Crippen LogP contribution < -0.4 is 10.2 Å². The molecule has 2 aromatic heterocycles. The molecule has 1 N–H and O–H groups in total. The number of piperazine rings is 1. The van der Waals surface area contributed by atoms with Gasteiger partial charge in [-0.05, 0) is 43.7 Å². The van der Waals surface area contributed by atoms with Crippen LogP contribution in [0.15, 0.2) is 40.9 Å². The van der Waals surface area contributed by atoms with E-state index in [1.54, 1.807) is 6.20 Å². The number of benzene rings is 1. The van der Waals surface area contributed by atoms with Gasteiger partial charge in [0.25, 0.3) is 6.01 Å². The Morgan fingerprint density at radius 2 is 2.22 bits per heavy atom. The Bertz CT molecular complexity index is 828. The molecule has 3 aromatic rings. The number of hydrogen-bond donors (Lipinski definition) is 1. The van der Waals surface area contributed by atoms with Gasteiger partial charge in [0.1, 0.15) is 5.52 Å². The second-order valence-corrected chi connectivity index (χ2v) is 6.12. The zero-order chi connectivity index (χ0) is 15.8. The van der Waals surface area contributed by atoms with Gasteiger partial charge in [-0.25, -0.2) is 0 Å². The number of oxazole rings is 1. The molecular weight excluding hydrogens is 288 g/mol. The first kappa shape index (κ1) is 14.2. The van der Waals surface area contributed by atoms with E-state index in [0.717, 1.165) is 47.6 Å². The van der Waals surface area contributed by atoms with Gasteiger partial charge < -0.3 is 14.6 Å². The highest BCUT2D eigenvalue weighted by Gasteiger charge is 2.24. The van der Waals surface area contributed by atoms with Crippen molar-refractivity contribution in [3.05, 3.63) is 42.1 Å². The fourth-order valence-electron chi connectivity index (χ4n) is 3.12. The highest BCUT2D eigenvalue weighted by atomic mass is 16.4. The maximum absolute atomic E-state index is 6.17. The SMILES string of the molecule is Cc1cc(-c2ccccn2)c2oc(N3CCNCC3C)nc2c1. The molecule has 0 bridgehead atoms. The molecular formula is C18H20N4O. The Morgan fingerprint density at radius 3 is 3.00 bits per heavy atom. The van der Waals surface area contributed by atoms with Crippen LogP contribution in [-0.2, 0) is 0 Å². The summed E-state index contributed by atoms with van der Waals surface area (Å²) in [5.74, 6) is 0. The van der Waals surface area contributed by atoms with Gasteiger partial charge in [0, 0.05) is 37.4 Å². The molecule has 118 valence electrons. The van der Waals surface area contributed by atoms with Crippen molar-refractivity contribution < 1.29 is 4.42 Å². The highest BCUT2D eigenvalue weighted by molar-refractivity contribution is 5.90. The van der Waals surface area contributed by atoms with E-state index >= 15 is 0 Å². The van der Waals surface area contributed by atoms with E-state index < -0.39 is 0 Å². The van der Waals surface area contributed by atoms with Gasteiger partial charge in [-0.15, -0.1) is 0 Å². The third-order valence-electron chi connectivity index (χ3n) is 4.31. The summed E-state index contributed by atoms with van der Waals surface area (Å²) in [6, 6.07) is 11.2. The normalized spacial score (nSPS) is 18.5. The summed E-state index contributed by atoms with van der Waals surface area (Å²) in [7, 11) is 0. The highest BCUT2D eigenvalue weighted by Crippen LogP contribution is 2.32. The molecule has 1 unspecified atom stereocenters. The topological polar surface area (TPSA) is 54.2 Å². The van der Waals surface area contributed by atoms with Crippen LogP contribution in [0.4, 0.5) is 6.01 Å². The van der Waals surface area contributed by atoms with Crippen molar-refractivity contribution in [2.24, 2.45) is 0 Å². The number of hydrogen-bond acceptors (Lipinski definition) is 5. The number of rotatable bonds is 2. The quantitative estimate of drug-likeness (QED) is 0.789. The van der Waals surface area contributed by atoms with Crippen molar-refractivity contribution in [1.82, 2.24) is 15.3 Å². The Labute approximate surface area is 135 Å². The minimum Gasteiger partial charge on any atom is -0.423 e. The zero-order valence-electron chi connectivity index (χ0n) is 13.4. The lowest BCUT2D eigenvalue weighted by Gasteiger charge is -2.32. The lowest BCUT2D eigenvalue weighted by Crippen LogP contribution is -2.50. The molecule has 0 amide bonds. The average Bonchev–Trinajstić information content (AvgIpc) is 2.99. The van der Waals surface area contributed by atoms with Crippen molar-refractivity contribution in [2.45, 2.75) is 19.9 Å². The van der Waals surface area contributed by atoms with Gasteiger partial charge in [-0.2, -0.15) is 4.98 Å². The standard InChI is InChI=1S/C18H20N4O/c1-12-9-14(15-5-3-4-6-20-15)17-16(10-12)21-18(23-17)22-8-7-19-11-13(22)2/h3-6,9-10,13,19H,7-8,11H2,1-2H3. The molecule has 0 spiro atoms. The van der Waals surface area contributed by atoms with Crippen molar-refractivity contribution in [2.75, 3.05) is 24.5 Å². The number of pyridine rings is 1. The Hall–Kier alpha value is -2.40. The van der Waals surface area contributed by atoms with E-state index in [9.17, 15) is 0 Å². The van der Waals surface area contributed by atoms with Gasteiger partial charge in [-0.3, -0.25) is 4.98 Å². The summed E-state index contributed by atoms with van der Waals surface area (Å²) >= 11 is 0. The largest absolute Gasteiger partial charge is 0.423 e. The number of anilines is 1. The molecule has 1 atom stereocenters. The lowest BCUT2D eigenvalue weighted by atomic mass is 10.1. The third-order valence-corrected chi connectivity index (χ3v) is 4.31. The molecule has 1 aliphatic rings. The molecule has 3 heterocycles. The Balaban J connectivity index is 1.85. The summed E-state index contributed by atoms with van der Waals surface area (Å²) in [5, 5.41) is 3.39. The summed E-state index contributed by atoms with van der Waals surface area (Å²) in [6.45, 7) is 7.07. The van der Waals surface area contributed by atoms with Crippen molar-refractivity contribution in [3.8, 4) is 11.3 Å². The third kappa shape index (κ3) is 2.57. The van der Waals surface area contributed by atoms with Gasteiger partial charge in [0.2, 0.25) is 0 Å². The molecule has 5 heteroatoms. The van der Waals surface area contributed by atoms with E-state index in [0.29, 0.717) is 12.1 Å². The van der Waals surface area contributed by atoms with Gasteiger partial charge in [0.15, 0.2) is 5.58 Å². The summed E-state index contributed by atoms with van der Waals surface area (Å²) in [5.41, 5.74) is 4.78. The Morgan fingerprint density at radius 1 is 1.30 bits per heavy atom. The van der Waals surface area contributed by atoms with Crippen LogP contribution in [0.3, 0.4) is 0 Å². The van der Waals surface area contributed by atoms with Crippen LogP contribution in [0.1, 0.15) is 12.5 Å². The summed E-state index contributed by atoms with van der Waals surface area (Å²) < 4.78 is 6.17. The number of fused-ring (bicyclic) bond motifs is 1. The van der Waals surface area contributed by atoms with E-state index in [2.05, 4.69) is 41.2 Å². The van der Waals surface area contributed by atoms with E-state index in [4.69, 9.17) is 9.40 Å². The molecule has 1 fully saturated rings. The average molecular weight is 308 g/mol. The van der Waals surface area contributed by atoms with Crippen molar-refractivity contribution in [1.29, 1.82) is 0 Å². The van der Waals surface area contributed by atoms with Crippen LogP contribution in [0.25, 0.3) is 22.4 Å². The maximum atomic E-state index is 6.17. The van der Waals surface area contributed by atoms with Gasteiger partial charge >= 0.3 is 0 Å². The predicted octanol–water partition coefficient (Wildman–Crippen LogP) is 3.00. The number of nitrogens with one attached hydrogen (secondary N) is 1. The van der Waals surface area contributed by atoms with E-state index in [-0.39, 0.29) is 0 Å². The molecule has 23 heavy (non-hydrogen) atoms. The first-order valence-electron chi connectivity index (χ1n) is 8.02. The molecule has 1 saturated heterocycles. The first-order valence-corrected chi connectivity index (χ1v) is 8.02. The number of aromatic nitrogens is 2. The zero-order valence-corrected chi connectivity index (χ0v) is 13.4. The smallest absolute Gasteiger partial charge is 0.298 e. The minimum atomic E-state index is 0.371. The van der Waals surface area contributed by atoms with E-state index in [1.165, 1.54) is 0 Å². The first-order chi connectivity index (χ1) is 11.2. The lowest BCUT2D eigenvalue weighted by molar-refractivity contribution is 0.456. The summed E-state index contributed by atoms with van der Waals surface area (Å²) in [4.78, 5) is 11.4. The molecule has 1 aliphatic heterocycles. The van der Waals surface area contributed by atoms with Crippen LogP contribution >= 0.6 is 0 Å². The monoisotopic (exact) mass is 308 g/mol. The van der Waals surface area contributed by atoms with Crippen molar-refractivity contribution in [3.63, 3.8) is 0 Å². The van der Waals surface area contributed by atoms with Crippen LogP contribution in [0.5, 0.6) is 0 Å². The second-order valence-electron chi connectivity index (χ2n) is 6.12. The molecule has 0 saturated carbocycles. The summed E-state index contributed by atoms with van der Waals surface area (Å²) in [6.07, 6.45) is 1.80. The molecule has 1 aromatic carbocycles. The fourth-order valence-corrected chi connectivity index (χ4v) is 3.12. The fraction of sp³-hybridized carbons (Fsp3) is 0.333. The Kier molecular flexibility index (Phi) is 3.50. The van der Waals surface area contributed by atoms with Crippen LogP contribution in [0, 0.1) is 6.92 Å². The predicted molar refractivity (Wildman–Crippen MR) is 91.7 cm³/mol. The molecule has 0 radical (unpaired) electrons. The van der Waals surface area contributed by atoms with Crippen LogP contribution in [-0.4, -0.2) is 35.6 Å². The minimum absolute atomic E-state index is 0.371.